The van der Waals surface area contributed by atoms with E-state index in [1.807, 2.05) is 37.4 Å². The first-order chi connectivity index (χ1) is 10.1. The van der Waals surface area contributed by atoms with Crippen LogP contribution in [0.4, 0.5) is 5.69 Å². The third kappa shape index (κ3) is 2.95. The lowest BCUT2D eigenvalue weighted by Gasteiger charge is -2.26. The molecule has 2 heterocycles. The van der Waals surface area contributed by atoms with Gasteiger partial charge in [0.05, 0.1) is 5.56 Å². The van der Waals surface area contributed by atoms with E-state index in [0.29, 0.717) is 5.56 Å². The van der Waals surface area contributed by atoms with Crippen molar-refractivity contribution in [3.05, 3.63) is 58.9 Å². The number of nitrogens with zero attached hydrogens (tertiary/aromatic N) is 2. The lowest BCUT2D eigenvalue weighted by Crippen LogP contribution is -2.29. The number of rotatable bonds is 2. The zero-order valence-corrected chi connectivity index (χ0v) is 12.4. The van der Waals surface area contributed by atoms with E-state index in [9.17, 15) is 4.79 Å². The molecule has 1 aliphatic rings. The maximum absolute atomic E-state index is 12.5. The molecule has 0 fully saturated rings. The summed E-state index contributed by atoms with van der Waals surface area (Å²) in [6, 6.07) is 7.83. The molecule has 1 N–H and O–H groups in total. The maximum atomic E-state index is 12.5. The Morgan fingerprint density at radius 1 is 1.33 bits per heavy atom. The summed E-state index contributed by atoms with van der Waals surface area (Å²) in [5.74, 6) is -0.0745. The van der Waals surface area contributed by atoms with E-state index in [1.54, 1.807) is 6.20 Å². The topological polar surface area (TPSA) is 45.2 Å². The summed E-state index contributed by atoms with van der Waals surface area (Å²) in [6.45, 7) is 3.84. The molecule has 0 saturated carbocycles. The normalized spacial score (nSPS) is 14.6. The lowest BCUT2D eigenvalue weighted by atomic mass is 9.97. The van der Waals surface area contributed by atoms with Crippen molar-refractivity contribution in [3.8, 4) is 0 Å². The van der Waals surface area contributed by atoms with E-state index in [0.717, 1.165) is 41.9 Å². The molecule has 0 spiro atoms. The van der Waals surface area contributed by atoms with Crippen LogP contribution in [0, 0.1) is 6.92 Å². The Morgan fingerprint density at radius 2 is 2.19 bits per heavy atom. The fourth-order valence-corrected chi connectivity index (χ4v) is 2.75. The van der Waals surface area contributed by atoms with Gasteiger partial charge >= 0.3 is 0 Å². The number of pyridine rings is 1. The van der Waals surface area contributed by atoms with Crippen molar-refractivity contribution in [1.29, 1.82) is 0 Å². The number of likely N-dealkylation sites (N-methyl/N-ethyl adjacent to an activating group) is 1. The van der Waals surface area contributed by atoms with Crippen LogP contribution >= 0.6 is 0 Å². The number of benzene rings is 1. The van der Waals surface area contributed by atoms with Crippen LogP contribution in [0.25, 0.3) is 0 Å². The molecule has 1 amide bonds. The van der Waals surface area contributed by atoms with Gasteiger partial charge in [0.25, 0.3) is 5.91 Å². The van der Waals surface area contributed by atoms with Gasteiger partial charge in [0, 0.05) is 31.2 Å². The molecule has 2 aromatic rings. The molecular formula is C17H19N3O. The quantitative estimate of drug-likeness (QED) is 0.920. The third-order valence-electron chi connectivity index (χ3n) is 3.85. The van der Waals surface area contributed by atoms with Crippen molar-refractivity contribution in [2.45, 2.75) is 19.9 Å². The molecule has 1 aliphatic heterocycles. The number of anilines is 1. The van der Waals surface area contributed by atoms with Gasteiger partial charge in [-0.3, -0.25) is 9.78 Å². The highest BCUT2D eigenvalue weighted by molar-refractivity contribution is 6.05. The highest BCUT2D eigenvalue weighted by atomic mass is 16.1. The molecule has 3 rings (SSSR count). The summed E-state index contributed by atoms with van der Waals surface area (Å²) in [5, 5.41) is 2.97. The summed E-state index contributed by atoms with van der Waals surface area (Å²) in [5.41, 5.74) is 4.93. The van der Waals surface area contributed by atoms with Gasteiger partial charge in [0.1, 0.15) is 0 Å². The van der Waals surface area contributed by atoms with Crippen molar-refractivity contribution in [3.63, 3.8) is 0 Å². The summed E-state index contributed by atoms with van der Waals surface area (Å²) < 4.78 is 0. The zero-order chi connectivity index (χ0) is 14.8. The third-order valence-corrected chi connectivity index (χ3v) is 3.85. The average Bonchev–Trinajstić information content (AvgIpc) is 2.46. The minimum atomic E-state index is -0.0745. The molecule has 108 valence electrons. The smallest absolute Gasteiger partial charge is 0.257 e. The Hall–Kier alpha value is -2.20. The van der Waals surface area contributed by atoms with Crippen molar-refractivity contribution in [2.75, 3.05) is 18.9 Å². The lowest BCUT2D eigenvalue weighted by molar-refractivity contribution is 0.102. The Bertz CT molecular complexity index is 681. The molecule has 21 heavy (non-hydrogen) atoms. The molecule has 0 aliphatic carbocycles. The number of hydrogen-bond donors (Lipinski definition) is 1. The highest BCUT2D eigenvalue weighted by Gasteiger charge is 2.20. The van der Waals surface area contributed by atoms with E-state index < -0.39 is 0 Å². The molecule has 0 radical (unpaired) electrons. The number of hydrogen-bond acceptors (Lipinski definition) is 3. The second kappa shape index (κ2) is 5.66. The SMILES string of the molecule is Cc1cccc(NC(=O)c2cncc3c2CCN(C)C3)c1. The number of nitrogens with one attached hydrogen (secondary N) is 1. The van der Waals surface area contributed by atoms with Gasteiger partial charge in [-0.25, -0.2) is 0 Å². The van der Waals surface area contributed by atoms with Gasteiger partial charge in [0.2, 0.25) is 0 Å². The Kier molecular flexibility index (Phi) is 3.71. The molecule has 1 aromatic heterocycles. The molecule has 4 heteroatoms. The molecular weight excluding hydrogens is 262 g/mol. The number of carbonyl (C=O) groups excluding carboxylic acids is 1. The first kappa shape index (κ1) is 13.8. The molecule has 0 bridgehead atoms. The molecule has 0 atom stereocenters. The van der Waals surface area contributed by atoms with Crippen LogP contribution in [0.5, 0.6) is 0 Å². The van der Waals surface area contributed by atoms with E-state index in [2.05, 4.69) is 22.2 Å². The molecule has 0 unspecified atom stereocenters. The van der Waals surface area contributed by atoms with Gasteiger partial charge in [-0.1, -0.05) is 12.1 Å². The van der Waals surface area contributed by atoms with E-state index in [-0.39, 0.29) is 5.91 Å². The van der Waals surface area contributed by atoms with Crippen LogP contribution in [0.1, 0.15) is 27.0 Å². The van der Waals surface area contributed by atoms with Crippen LogP contribution in [0.2, 0.25) is 0 Å². The van der Waals surface area contributed by atoms with E-state index >= 15 is 0 Å². The van der Waals surface area contributed by atoms with Crippen LogP contribution in [0.15, 0.2) is 36.7 Å². The monoisotopic (exact) mass is 281 g/mol. The number of aromatic nitrogens is 1. The van der Waals surface area contributed by atoms with Crippen LogP contribution < -0.4 is 5.32 Å². The number of fused-ring (bicyclic) bond motifs is 1. The van der Waals surface area contributed by atoms with Crippen molar-refractivity contribution < 1.29 is 4.79 Å². The predicted molar refractivity (Wildman–Crippen MR) is 83.4 cm³/mol. The minimum absolute atomic E-state index is 0.0745. The molecule has 1 aromatic carbocycles. The standard InChI is InChI=1S/C17H19N3O/c1-12-4-3-5-14(8-12)19-17(21)16-10-18-9-13-11-20(2)7-6-15(13)16/h3-5,8-10H,6-7,11H2,1-2H3,(H,19,21). The largest absolute Gasteiger partial charge is 0.322 e. The Balaban J connectivity index is 1.87. The van der Waals surface area contributed by atoms with Gasteiger partial charge in [0.15, 0.2) is 0 Å². The minimum Gasteiger partial charge on any atom is -0.322 e. The second-order valence-corrected chi connectivity index (χ2v) is 5.64. The fraction of sp³-hybridized carbons (Fsp3) is 0.294. The summed E-state index contributed by atoms with van der Waals surface area (Å²) >= 11 is 0. The Labute approximate surface area is 124 Å². The number of aryl methyl sites for hydroxylation is 1. The van der Waals surface area contributed by atoms with Gasteiger partial charge < -0.3 is 10.2 Å². The first-order valence-electron chi connectivity index (χ1n) is 7.16. The number of carbonyl (C=O) groups is 1. The first-order valence-corrected chi connectivity index (χ1v) is 7.16. The van der Waals surface area contributed by atoms with Crippen LogP contribution in [-0.4, -0.2) is 29.4 Å². The van der Waals surface area contributed by atoms with E-state index in [4.69, 9.17) is 0 Å². The molecule has 4 nitrogen and oxygen atoms in total. The van der Waals surface area contributed by atoms with Crippen molar-refractivity contribution in [2.24, 2.45) is 0 Å². The van der Waals surface area contributed by atoms with Gasteiger partial charge in [-0.05, 0) is 49.2 Å². The summed E-state index contributed by atoms with van der Waals surface area (Å²) in [6.07, 6.45) is 4.44. The summed E-state index contributed by atoms with van der Waals surface area (Å²) in [4.78, 5) is 19.0. The second-order valence-electron chi connectivity index (χ2n) is 5.64. The van der Waals surface area contributed by atoms with Gasteiger partial charge in [-0.15, -0.1) is 0 Å². The maximum Gasteiger partial charge on any atom is 0.257 e. The number of amides is 1. The summed E-state index contributed by atoms with van der Waals surface area (Å²) in [7, 11) is 2.09. The average molecular weight is 281 g/mol. The van der Waals surface area contributed by atoms with Crippen LogP contribution in [-0.2, 0) is 13.0 Å². The van der Waals surface area contributed by atoms with Crippen molar-refractivity contribution in [1.82, 2.24) is 9.88 Å². The fourth-order valence-electron chi connectivity index (χ4n) is 2.75. The van der Waals surface area contributed by atoms with Crippen LogP contribution in [0.3, 0.4) is 0 Å². The highest BCUT2D eigenvalue weighted by Crippen LogP contribution is 2.21. The zero-order valence-electron chi connectivity index (χ0n) is 12.4. The predicted octanol–water partition coefficient (Wildman–Crippen LogP) is 2.63. The van der Waals surface area contributed by atoms with Gasteiger partial charge in [-0.2, -0.15) is 0 Å². The van der Waals surface area contributed by atoms with E-state index in [1.165, 1.54) is 0 Å². The van der Waals surface area contributed by atoms with Crippen molar-refractivity contribution >= 4 is 11.6 Å². The molecule has 0 saturated heterocycles. The Morgan fingerprint density at radius 3 is 3.00 bits per heavy atom.